The van der Waals surface area contributed by atoms with Crippen molar-refractivity contribution in [1.29, 1.82) is 0 Å². The molecule has 7 nitrogen and oxygen atoms in total. The lowest BCUT2D eigenvalue weighted by atomic mass is 10.1. The molecule has 2 aromatic rings. The molecule has 1 heterocycles. The fraction of sp³-hybridized carbons (Fsp3) is 0.375. The Morgan fingerprint density at radius 1 is 1.03 bits per heavy atom. The van der Waals surface area contributed by atoms with Gasteiger partial charge in [-0.15, -0.1) is 0 Å². The Bertz CT molecular complexity index is 893. The van der Waals surface area contributed by atoms with E-state index in [1.165, 1.54) is 6.42 Å². The molecular weight excluding hydrogens is 394 g/mol. The van der Waals surface area contributed by atoms with Gasteiger partial charge < -0.3 is 14.4 Å². The molecule has 1 aliphatic rings. The van der Waals surface area contributed by atoms with Crippen LogP contribution in [0.1, 0.15) is 37.3 Å². The smallest absolute Gasteiger partial charge is 0.260 e. The van der Waals surface area contributed by atoms with Crippen molar-refractivity contribution >= 4 is 18.0 Å². The number of benzene rings is 2. The van der Waals surface area contributed by atoms with Gasteiger partial charge in [0.15, 0.2) is 18.1 Å². The molecule has 0 atom stereocenters. The van der Waals surface area contributed by atoms with E-state index in [0.29, 0.717) is 18.1 Å². The summed E-state index contributed by atoms with van der Waals surface area (Å²) in [6.45, 7) is 3.93. The van der Waals surface area contributed by atoms with Crippen LogP contribution in [0.15, 0.2) is 53.6 Å². The second kappa shape index (κ2) is 11.7. The molecule has 0 unspecified atom stereocenters. The van der Waals surface area contributed by atoms with Crippen molar-refractivity contribution in [2.24, 2.45) is 5.10 Å². The molecular formula is C24H29N3O4. The number of hydrazone groups is 1. The molecule has 1 N–H and O–H groups in total. The first-order valence-corrected chi connectivity index (χ1v) is 10.7. The van der Waals surface area contributed by atoms with Crippen molar-refractivity contribution in [3.8, 4) is 11.5 Å². The number of likely N-dealkylation sites (tertiary alicyclic amines) is 1. The summed E-state index contributed by atoms with van der Waals surface area (Å²) in [6, 6.07) is 14.8. The molecule has 3 rings (SSSR count). The summed E-state index contributed by atoms with van der Waals surface area (Å²) in [5, 5.41) is 4.02. The molecule has 0 bridgehead atoms. The van der Waals surface area contributed by atoms with Crippen LogP contribution < -0.4 is 14.9 Å². The number of carbonyl (C=O) groups excluding carboxylic acids is 2. The molecule has 1 aliphatic heterocycles. The predicted octanol–water partition coefficient (Wildman–Crippen LogP) is 3.17. The number of ether oxygens (including phenoxy) is 2. The quantitative estimate of drug-likeness (QED) is 0.496. The zero-order chi connectivity index (χ0) is 21.9. The van der Waals surface area contributed by atoms with Gasteiger partial charge >= 0.3 is 0 Å². The molecule has 2 aromatic carbocycles. The fourth-order valence-corrected chi connectivity index (χ4v) is 3.37. The number of hydrogen-bond donors (Lipinski definition) is 1. The third kappa shape index (κ3) is 7.13. The van der Waals surface area contributed by atoms with E-state index in [9.17, 15) is 9.59 Å². The van der Waals surface area contributed by atoms with Gasteiger partial charge in [-0.05, 0) is 55.5 Å². The number of amides is 2. The molecule has 31 heavy (non-hydrogen) atoms. The fourth-order valence-electron chi connectivity index (χ4n) is 3.37. The number of carbonyl (C=O) groups is 2. The zero-order valence-corrected chi connectivity index (χ0v) is 17.9. The maximum atomic E-state index is 12.3. The van der Waals surface area contributed by atoms with E-state index in [1.54, 1.807) is 24.4 Å². The van der Waals surface area contributed by atoms with Crippen LogP contribution in [-0.4, -0.2) is 49.2 Å². The highest BCUT2D eigenvalue weighted by atomic mass is 16.5. The molecule has 0 spiro atoms. The molecule has 0 aromatic heterocycles. The van der Waals surface area contributed by atoms with Crippen LogP contribution in [0.4, 0.5) is 0 Å². The lowest BCUT2D eigenvalue weighted by Crippen LogP contribution is -2.38. The normalized spacial score (nSPS) is 13.8. The van der Waals surface area contributed by atoms with E-state index in [-0.39, 0.29) is 24.8 Å². The summed E-state index contributed by atoms with van der Waals surface area (Å²) in [5.41, 5.74) is 4.20. The highest BCUT2D eigenvalue weighted by Gasteiger charge is 2.17. The summed E-state index contributed by atoms with van der Waals surface area (Å²) in [6.07, 6.45) is 5.08. The van der Waals surface area contributed by atoms with Crippen LogP contribution in [0.2, 0.25) is 0 Å². The second-order valence-electron chi connectivity index (χ2n) is 7.32. The van der Waals surface area contributed by atoms with Gasteiger partial charge in [-0.1, -0.05) is 30.3 Å². The minimum atomic E-state index is -0.191. The highest BCUT2D eigenvalue weighted by molar-refractivity contribution is 5.84. The van der Waals surface area contributed by atoms with E-state index >= 15 is 0 Å². The van der Waals surface area contributed by atoms with Gasteiger partial charge in [0.1, 0.15) is 0 Å². The number of nitrogens with zero attached hydrogens (tertiary/aromatic N) is 2. The summed E-state index contributed by atoms with van der Waals surface area (Å²) >= 11 is 0. The SMILES string of the molecule is CCOc1cc(/C=N/NC(=O)Cc2ccccc2)ccc1OCC(=O)N1CCCCC1. The first-order chi connectivity index (χ1) is 15.2. The van der Waals surface area contributed by atoms with Gasteiger partial charge in [0.25, 0.3) is 5.91 Å². The number of piperidine rings is 1. The molecule has 0 saturated carbocycles. The van der Waals surface area contributed by atoms with E-state index in [2.05, 4.69) is 10.5 Å². The Balaban J connectivity index is 1.55. The van der Waals surface area contributed by atoms with E-state index < -0.39 is 0 Å². The molecule has 0 aliphatic carbocycles. The van der Waals surface area contributed by atoms with Crippen molar-refractivity contribution in [3.63, 3.8) is 0 Å². The topological polar surface area (TPSA) is 80.2 Å². The first kappa shape index (κ1) is 22.3. The number of rotatable bonds is 9. The van der Waals surface area contributed by atoms with Crippen LogP contribution in [-0.2, 0) is 16.0 Å². The maximum Gasteiger partial charge on any atom is 0.260 e. The molecule has 7 heteroatoms. The average molecular weight is 424 g/mol. The predicted molar refractivity (Wildman–Crippen MR) is 119 cm³/mol. The third-order valence-corrected chi connectivity index (χ3v) is 4.94. The Morgan fingerprint density at radius 2 is 1.81 bits per heavy atom. The summed E-state index contributed by atoms with van der Waals surface area (Å²) < 4.78 is 11.4. The highest BCUT2D eigenvalue weighted by Crippen LogP contribution is 2.28. The Hall–Kier alpha value is -3.35. The Morgan fingerprint density at radius 3 is 2.55 bits per heavy atom. The van der Waals surface area contributed by atoms with Crippen molar-refractivity contribution in [2.45, 2.75) is 32.6 Å². The minimum absolute atomic E-state index is 0.00563. The summed E-state index contributed by atoms with van der Waals surface area (Å²) in [4.78, 5) is 26.2. The van der Waals surface area contributed by atoms with Gasteiger partial charge in [-0.25, -0.2) is 5.43 Å². The van der Waals surface area contributed by atoms with Crippen LogP contribution >= 0.6 is 0 Å². The molecule has 2 amide bonds. The van der Waals surface area contributed by atoms with E-state index in [0.717, 1.165) is 37.1 Å². The van der Waals surface area contributed by atoms with Gasteiger partial charge in [-0.3, -0.25) is 9.59 Å². The van der Waals surface area contributed by atoms with Gasteiger partial charge in [-0.2, -0.15) is 5.10 Å². The third-order valence-electron chi connectivity index (χ3n) is 4.94. The van der Waals surface area contributed by atoms with Crippen LogP contribution in [0, 0.1) is 0 Å². The van der Waals surface area contributed by atoms with E-state index in [1.807, 2.05) is 42.2 Å². The average Bonchev–Trinajstić information content (AvgIpc) is 2.80. The summed E-state index contributed by atoms with van der Waals surface area (Å²) in [5.74, 6) is 0.851. The number of nitrogens with one attached hydrogen (secondary N) is 1. The largest absolute Gasteiger partial charge is 0.490 e. The lowest BCUT2D eigenvalue weighted by molar-refractivity contribution is -0.134. The lowest BCUT2D eigenvalue weighted by Gasteiger charge is -2.26. The minimum Gasteiger partial charge on any atom is -0.490 e. The monoisotopic (exact) mass is 423 g/mol. The standard InChI is InChI=1S/C24H29N3O4/c1-2-30-22-15-20(17-25-26-23(28)16-19-9-5-3-6-10-19)11-12-21(22)31-18-24(29)27-13-7-4-8-14-27/h3,5-6,9-12,15,17H,2,4,7-8,13-14,16,18H2,1H3,(H,26,28)/b25-17+. The van der Waals surface area contributed by atoms with Crippen LogP contribution in [0.25, 0.3) is 0 Å². The molecule has 0 radical (unpaired) electrons. The molecule has 1 fully saturated rings. The second-order valence-corrected chi connectivity index (χ2v) is 7.32. The summed E-state index contributed by atoms with van der Waals surface area (Å²) in [7, 11) is 0. The van der Waals surface area contributed by atoms with E-state index in [4.69, 9.17) is 9.47 Å². The zero-order valence-electron chi connectivity index (χ0n) is 17.9. The van der Waals surface area contributed by atoms with Crippen molar-refractivity contribution < 1.29 is 19.1 Å². The van der Waals surface area contributed by atoms with Gasteiger partial charge in [0, 0.05) is 13.1 Å². The van der Waals surface area contributed by atoms with Crippen LogP contribution in [0.5, 0.6) is 11.5 Å². The maximum absolute atomic E-state index is 12.3. The van der Waals surface area contributed by atoms with Gasteiger partial charge in [0.2, 0.25) is 5.91 Å². The van der Waals surface area contributed by atoms with Crippen molar-refractivity contribution in [3.05, 3.63) is 59.7 Å². The Kier molecular flexibility index (Phi) is 8.46. The van der Waals surface area contributed by atoms with Crippen LogP contribution in [0.3, 0.4) is 0 Å². The molecule has 164 valence electrons. The van der Waals surface area contributed by atoms with Gasteiger partial charge in [0.05, 0.1) is 19.2 Å². The molecule has 1 saturated heterocycles. The first-order valence-electron chi connectivity index (χ1n) is 10.7. The van der Waals surface area contributed by atoms with Crippen molar-refractivity contribution in [2.75, 3.05) is 26.3 Å². The van der Waals surface area contributed by atoms with Crippen molar-refractivity contribution in [1.82, 2.24) is 10.3 Å². The number of hydrogen-bond acceptors (Lipinski definition) is 5. The Labute approximate surface area is 183 Å².